The Kier molecular flexibility index (Phi) is 6.47. The Hall–Kier alpha value is -1.09. The van der Waals surface area contributed by atoms with Crippen LogP contribution in [0.2, 0.25) is 0 Å². The van der Waals surface area contributed by atoms with E-state index in [2.05, 4.69) is 4.72 Å². The van der Waals surface area contributed by atoms with Crippen LogP contribution in [0.4, 0.5) is 8.78 Å². The summed E-state index contributed by atoms with van der Waals surface area (Å²) in [7, 11) is -4.17. The van der Waals surface area contributed by atoms with Crippen LogP contribution >= 0.6 is 0 Å². The zero-order chi connectivity index (χ0) is 15.2. The van der Waals surface area contributed by atoms with Crippen LogP contribution in [0.15, 0.2) is 23.1 Å². The van der Waals surface area contributed by atoms with Crippen molar-refractivity contribution in [3.05, 3.63) is 29.8 Å². The third-order valence-corrected chi connectivity index (χ3v) is 3.77. The first-order valence-corrected chi connectivity index (χ1v) is 7.57. The first kappa shape index (κ1) is 17.0. The fourth-order valence-electron chi connectivity index (χ4n) is 1.48. The Bertz CT molecular complexity index is 530. The van der Waals surface area contributed by atoms with Crippen molar-refractivity contribution in [2.45, 2.75) is 25.0 Å². The van der Waals surface area contributed by atoms with Crippen molar-refractivity contribution in [3.8, 4) is 0 Å². The van der Waals surface area contributed by atoms with E-state index < -0.39 is 32.8 Å². The highest BCUT2D eigenvalue weighted by atomic mass is 32.2. The average Bonchev–Trinajstić information content (AvgIpc) is 2.39. The van der Waals surface area contributed by atoms with Gasteiger partial charge < -0.3 is 9.47 Å². The lowest BCUT2D eigenvalue weighted by molar-refractivity contribution is -0.130. The van der Waals surface area contributed by atoms with E-state index in [4.69, 9.17) is 9.47 Å². The number of benzene rings is 1. The van der Waals surface area contributed by atoms with Crippen LogP contribution in [0.25, 0.3) is 0 Å². The highest BCUT2D eigenvalue weighted by Gasteiger charge is 2.21. The molecule has 0 aliphatic carbocycles. The number of halogens is 2. The molecule has 1 N–H and O–H groups in total. The molecule has 0 fully saturated rings. The molecule has 0 spiro atoms. The molecule has 1 aromatic rings. The van der Waals surface area contributed by atoms with E-state index >= 15 is 0 Å². The van der Waals surface area contributed by atoms with Gasteiger partial charge in [0.25, 0.3) is 0 Å². The zero-order valence-electron chi connectivity index (χ0n) is 11.2. The molecule has 8 heteroatoms. The molecule has 0 saturated carbocycles. The van der Waals surface area contributed by atoms with Gasteiger partial charge >= 0.3 is 0 Å². The molecule has 0 bridgehead atoms. The Morgan fingerprint density at radius 2 is 1.80 bits per heavy atom. The molecule has 114 valence electrons. The maximum absolute atomic E-state index is 13.4. The highest BCUT2D eigenvalue weighted by molar-refractivity contribution is 7.89. The Balaban J connectivity index is 2.81. The van der Waals surface area contributed by atoms with E-state index in [1.54, 1.807) is 13.8 Å². The molecular formula is C12H17F2NO4S. The van der Waals surface area contributed by atoms with Crippen molar-refractivity contribution >= 4 is 10.0 Å². The van der Waals surface area contributed by atoms with Crippen LogP contribution in [0.3, 0.4) is 0 Å². The molecular weight excluding hydrogens is 292 g/mol. The number of hydrogen-bond acceptors (Lipinski definition) is 4. The summed E-state index contributed by atoms with van der Waals surface area (Å²) >= 11 is 0. The molecule has 20 heavy (non-hydrogen) atoms. The minimum Gasteiger partial charge on any atom is -0.352 e. The predicted molar refractivity (Wildman–Crippen MR) is 68.6 cm³/mol. The van der Waals surface area contributed by atoms with Crippen molar-refractivity contribution in [3.63, 3.8) is 0 Å². The third kappa shape index (κ3) is 4.78. The van der Waals surface area contributed by atoms with Crippen LogP contribution in [0.5, 0.6) is 0 Å². The Morgan fingerprint density at radius 1 is 1.20 bits per heavy atom. The van der Waals surface area contributed by atoms with Crippen molar-refractivity contribution in [2.75, 3.05) is 19.8 Å². The molecule has 0 amide bonds. The molecule has 0 saturated heterocycles. The second kappa shape index (κ2) is 7.63. The summed E-state index contributed by atoms with van der Waals surface area (Å²) < 4.78 is 62.7. The summed E-state index contributed by atoms with van der Waals surface area (Å²) in [5, 5.41) is 0. The van der Waals surface area contributed by atoms with Gasteiger partial charge in [0.2, 0.25) is 10.0 Å². The standard InChI is InChI=1S/C12H17F2NO4S/c1-3-18-12(19-4-2)8-15-20(16,17)11-7-9(13)5-6-10(11)14/h5-7,12,15H,3-4,8H2,1-2H3. The maximum atomic E-state index is 13.4. The first-order valence-electron chi connectivity index (χ1n) is 6.08. The van der Waals surface area contributed by atoms with Gasteiger partial charge in [0, 0.05) is 13.2 Å². The summed E-state index contributed by atoms with van der Waals surface area (Å²) in [4.78, 5) is -0.746. The van der Waals surface area contributed by atoms with Gasteiger partial charge in [-0.2, -0.15) is 0 Å². The van der Waals surface area contributed by atoms with E-state index in [1.807, 2.05) is 0 Å². The third-order valence-electron chi connectivity index (χ3n) is 2.33. The van der Waals surface area contributed by atoms with Crippen LogP contribution in [0.1, 0.15) is 13.8 Å². The molecule has 0 aliphatic heterocycles. The van der Waals surface area contributed by atoms with Gasteiger partial charge in [0.15, 0.2) is 6.29 Å². The lowest BCUT2D eigenvalue weighted by Gasteiger charge is -2.17. The minimum absolute atomic E-state index is 0.194. The fraction of sp³-hybridized carbons (Fsp3) is 0.500. The molecule has 1 aromatic carbocycles. The Labute approximate surface area is 116 Å². The van der Waals surface area contributed by atoms with Gasteiger partial charge in [-0.1, -0.05) is 0 Å². The van der Waals surface area contributed by atoms with Crippen LogP contribution in [0, 0.1) is 11.6 Å². The minimum atomic E-state index is -4.17. The number of rotatable bonds is 8. The van der Waals surface area contributed by atoms with Crippen molar-refractivity contribution in [2.24, 2.45) is 0 Å². The monoisotopic (exact) mass is 309 g/mol. The van der Waals surface area contributed by atoms with Crippen LogP contribution < -0.4 is 4.72 Å². The normalized spacial score (nSPS) is 12.1. The van der Waals surface area contributed by atoms with E-state index in [0.717, 1.165) is 12.1 Å². The predicted octanol–water partition coefficient (Wildman–Crippen LogP) is 1.64. The summed E-state index contributed by atoms with van der Waals surface area (Å²) in [6.07, 6.45) is -0.781. The van der Waals surface area contributed by atoms with Crippen molar-refractivity contribution < 1.29 is 26.7 Å². The van der Waals surface area contributed by atoms with Crippen molar-refractivity contribution in [1.82, 2.24) is 4.72 Å². The average molecular weight is 309 g/mol. The molecule has 1 rings (SSSR count). The molecule has 0 aromatic heterocycles. The lowest BCUT2D eigenvalue weighted by Crippen LogP contribution is -2.35. The zero-order valence-corrected chi connectivity index (χ0v) is 12.0. The maximum Gasteiger partial charge on any atom is 0.243 e. The summed E-state index contributed by atoms with van der Waals surface area (Å²) in [5.41, 5.74) is 0. The lowest BCUT2D eigenvalue weighted by atomic mass is 10.3. The second-order valence-corrected chi connectivity index (χ2v) is 5.50. The number of ether oxygens (including phenoxy) is 2. The SMILES string of the molecule is CCOC(CNS(=O)(=O)c1cc(F)ccc1F)OCC. The van der Waals surface area contributed by atoms with E-state index in [9.17, 15) is 17.2 Å². The van der Waals surface area contributed by atoms with Crippen LogP contribution in [-0.4, -0.2) is 34.5 Å². The number of nitrogens with one attached hydrogen (secondary N) is 1. The van der Waals surface area contributed by atoms with Crippen molar-refractivity contribution in [1.29, 1.82) is 0 Å². The smallest absolute Gasteiger partial charge is 0.243 e. The molecule has 0 radical (unpaired) electrons. The molecule has 0 aliphatic rings. The van der Waals surface area contributed by atoms with Gasteiger partial charge in [-0.3, -0.25) is 0 Å². The largest absolute Gasteiger partial charge is 0.352 e. The summed E-state index contributed by atoms with van der Waals surface area (Å²) in [5.74, 6) is -1.86. The fourth-order valence-corrected chi connectivity index (χ4v) is 2.58. The molecule has 0 atom stereocenters. The molecule has 0 unspecified atom stereocenters. The highest BCUT2D eigenvalue weighted by Crippen LogP contribution is 2.15. The number of sulfonamides is 1. The molecule has 0 heterocycles. The Morgan fingerprint density at radius 3 is 2.35 bits per heavy atom. The van der Waals surface area contributed by atoms with Crippen LogP contribution in [-0.2, 0) is 19.5 Å². The van der Waals surface area contributed by atoms with E-state index in [-0.39, 0.29) is 6.54 Å². The summed E-state index contributed by atoms with van der Waals surface area (Å²) in [6.45, 7) is 3.93. The van der Waals surface area contributed by atoms with Gasteiger partial charge in [-0.25, -0.2) is 21.9 Å². The van der Waals surface area contributed by atoms with Gasteiger partial charge in [0.1, 0.15) is 16.5 Å². The van der Waals surface area contributed by atoms with E-state index in [0.29, 0.717) is 19.3 Å². The first-order chi connectivity index (χ1) is 9.40. The van der Waals surface area contributed by atoms with Gasteiger partial charge in [0.05, 0.1) is 6.54 Å². The molecule has 5 nitrogen and oxygen atoms in total. The van der Waals surface area contributed by atoms with Gasteiger partial charge in [-0.05, 0) is 32.0 Å². The van der Waals surface area contributed by atoms with E-state index in [1.165, 1.54) is 0 Å². The topological polar surface area (TPSA) is 64.6 Å². The second-order valence-electron chi connectivity index (χ2n) is 3.77. The quantitative estimate of drug-likeness (QED) is 0.742. The van der Waals surface area contributed by atoms with Gasteiger partial charge in [-0.15, -0.1) is 0 Å². The number of hydrogen-bond donors (Lipinski definition) is 1. The summed E-state index contributed by atoms with van der Waals surface area (Å²) in [6, 6.07) is 2.22.